The molecule has 4 nitrogen and oxygen atoms in total. The molecule has 0 aromatic heterocycles. The first-order valence-corrected chi connectivity index (χ1v) is 10.0. The second-order valence-corrected chi connectivity index (χ2v) is 7.79. The summed E-state index contributed by atoms with van der Waals surface area (Å²) >= 11 is 6.12. The quantitative estimate of drug-likeness (QED) is 0.545. The Morgan fingerprint density at radius 3 is 2.23 bits per heavy atom. The smallest absolute Gasteiger partial charge is 0.282 e. The van der Waals surface area contributed by atoms with Crippen LogP contribution in [-0.2, 0) is 16.1 Å². The minimum absolute atomic E-state index is 0.346. The van der Waals surface area contributed by atoms with Crippen LogP contribution in [0.5, 0.6) is 0 Å². The van der Waals surface area contributed by atoms with E-state index in [2.05, 4.69) is 0 Å². The summed E-state index contributed by atoms with van der Waals surface area (Å²) in [4.78, 5) is 30.0. The standard InChI is InChI=1S/C25H21ClN2O2/c1-17-11-13-19(14-12-17)22-23(27(2)16-18-7-4-3-5-8-18)25(30)28(24(22)29)21-10-6-9-20(26)15-21/h3-15H,16H2,1-2H3. The molecule has 0 fully saturated rings. The molecule has 0 bridgehead atoms. The molecule has 0 N–H and O–H groups in total. The van der Waals surface area contributed by atoms with Crippen LogP contribution >= 0.6 is 11.6 Å². The average Bonchev–Trinajstić information content (AvgIpc) is 2.99. The van der Waals surface area contributed by atoms with E-state index in [0.717, 1.165) is 16.7 Å². The van der Waals surface area contributed by atoms with Crippen molar-refractivity contribution in [3.63, 3.8) is 0 Å². The zero-order valence-corrected chi connectivity index (χ0v) is 17.6. The van der Waals surface area contributed by atoms with Gasteiger partial charge in [-0.2, -0.15) is 0 Å². The molecule has 0 unspecified atom stereocenters. The predicted molar refractivity (Wildman–Crippen MR) is 120 cm³/mol. The number of likely N-dealkylation sites (N-methyl/N-ethyl adjacent to an activating group) is 1. The molecule has 4 rings (SSSR count). The molecular formula is C25H21ClN2O2. The molecule has 150 valence electrons. The Hall–Kier alpha value is -3.37. The van der Waals surface area contributed by atoms with Gasteiger partial charge in [-0.15, -0.1) is 0 Å². The fraction of sp³-hybridized carbons (Fsp3) is 0.120. The third-order valence-electron chi connectivity index (χ3n) is 5.11. The first-order valence-electron chi connectivity index (χ1n) is 9.66. The van der Waals surface area contributed by atoms with Crippen molar-refractivity contribution in [3.05, 3.63) is 106 Å². The third kappa shape index (κ3) is 3.74. The summed E-state index contributed by atoms with van der Waals surface area (Å²) in [6.45, 7) is 2.49. The van der Waals surface area contributed by atoms with Gasteiger partial charge in [-0.05, 0) is 36.2 Å². The molecule has 2 amide bonds. The molecule has 0 saturated heterocycles. The number of rotatable bonds is 5. The molecule has 1 aliphatic rings. The zero-order valence-electron chi connectivity index (χ0n) is 16.8. The van der Waals surface area contributed by atoms with Gasteiger partial charge in [-0.1, -0.05) is 77.8 Å². The molecule has 0 spiro atoms. The number of halogens is 1. The van der Waals surface area contributed by atoms with Crippen molar-refractivity contribution < 1.29 is 9.59 Å². The van der Waals surface area contributed by atoms with Crippen molar-refractivity contribution in [2.75, 3.05) is 11.9 Å². The van der Waals surface area contributed by atoms with Gasteiger partial charge in [0.2, 0.25) is 0 Å². The van der Waals surface area contributed by atoms with E-state index in [4.69, 9.17) is 11.6 Å². The highest BCUT2D eigenvalue weighted by molar-refractivity contribution is 6.45. The van der Waals surface area contributed by atoms with E-state index in [1.54, 1.807) is 24.3 Å². The number of nitrogens with zero attached hydrogens (tertiary/aromatic N) is 2. The van der Waals surface area contributed by atoms with E-state index >= 15 is 0 Å². The molecule has 0 atom stereocenters. The van der Waals surface area contributed by atoms with Crippen molar-refractivity contribution >= 4 is 34.7 Å². The molecule has 3 aromatic rings. The number of carbonyl (C=O) groups is 2. The van der Waals surface area contributed by atoms with Crippen molar-refractivity contribution in [1.82, 2.24) is 4.90 Å². The average molecular weight is 417 g/mol. The first kappa shape index (κ1) is 19.9. The van der Waals surface area contributed by atoms with Gasteiger partial charge in [0, 0.05) is 18.6 Å². The molecule has 0 aliphatic carbocycles. The second-order valence-electron chi connectivity index (χ2n) is 7.36. The summed E-state index contributed by atoms with van der Waals surface area (Å²) in [5.41, 5.74) is 4.11. The van der Waals surface area contributed by atoms with E-state index in [9.17, 15) is 9.59 Å². The topological polar surface area (TPSA) is 40.6 Å². The monoisotopic (exact) mass is 416 g/mol. The van der Waals surface area contributed by atoms with Crippen LogP contribution in [-0.4, -0.2) is 23.8 Å². The number of amides is 2. The fourth-order valence-corrected chi connectivity index (χ4v) is 3.82. The molecule has 5 heteroatoms. The van der Waals surface area contributed by atoms with Gasteiger partial charge in [-0.25, -0.2) is 4.90 Å². The van der Waals surface area contributed by atoms with Crippen LogP contribution < -0.4 is 4.90 Å². The van der Waals surface area contributed by atoms with Gasteiger partial charge < -0.3 is 4.90 Å². The highest BCUT2D eigenvalue weighted by Gasteiger charge is 2.41. The minimum Gasteiger partial charge on any atom is -0.365 e. The lowest BCUT2D eigenvalue weighted by Crippen LogP contribution is -2.34. The van der Waals surface area contributed by atoms with Crippen LogP contribution in [0.4, 0.5) is 5.69 Å². The summed E-state index contributed by atoms with van der Waals surface area (Å²) < 4.78 is 0. The molecule has 0 radical (unpaired) electrons. The Balaban J connectivity index is 1.80. The van der Waals surface area contributed by atoms with Crippen molar-refractivity contribution in [2.24, 2.45) is 0 Å². The van der Waals surface area contributed by atoms with E-state index in [1.165, 1.54) is 4.90 Å². The van der Waals surface area contributed by atoms with E-state index in [0.29, 0.717) is 28.5 Å². The Kier molecular flexibility index (Phi) is 5.42. The summed E-state index contributed by atoms with van der Waals surface area (Å²) in [6.07, 6.45) is 0. The predicted octanol–water partition coefficient (Wildman–Crippen LogP) is 5.06. The highest BCUT2D eigenvalue weighted by Crippen LogP contribution is 2.35. The maximum Gasteiger partial charge on any atom is 0.282 e. The highest BCUT2D eigenvalue weighted by atomic mass is 35.5. The van der Waals surface area contributed by atoms with Crippen LogP contribution in [0.1, 0.15) is 16.7 Å². The van der Waals surface area contributed by atoms with Crippen LogP contribution in [0.25, 0.3) is 5.57 Å². The Labute approximate surface area is 181 Å². The maximum atomic E-state index is 13.5. The lowest BCUT2D eigenvalue weighted by atomic mass is 10.0. The molecule has 1 heterocycles. The zero-order chi connectivity index (χ0) is 21.3. The van der Waals surface area contributed by atoms with Crippen molar-refractivity contribution in [1.29, 1.82) is 0 Å². The van der Waals surface area contributed by atoms with Gasteiger partial charge in [0.25, 0.3) is 11.8 Å². The number of anilines is 1. The Morgan fingerprint density at radius 1 is 0.867 bits per heavy atom. The number of hydrogen-bond donors (Lipinski definition) is 0. The number of benzene rings is 3. The van der Waals surface area contributed by atoms with E-state index in [-0.39, 0.29) is 11.8 Å². The summed E-state index contributed by atoms with van der Waals surface area (Å²) in [5, 5.41) is 0.469. The largest absolute Gasteiger partial charge is 0.365 e. The van der Waals surface area contributed by atoms with Gasteiger partial charge in [-0.3, -0.25) is 9.59 Å². The first-order chi connectivity index (χ1) is 14.5. The fourth-order valence-electron chi connectivity index (χ4n) is 3.64. The van der Waals surface area contributed by atoms with Gasteiger partial charge in [0.15, 0.2) is 0 Å². The maximum absolute atomic E-state index is 13.5. The summed E-state index contributed by atoms with van der Waals surface area (Å²) in [7, 11) is 1.84. The Bertz CT molecular complexity index is 1140. The molecule has 30 heavy (non-hydrogen) atoms. The van der Waals surface area contributed by atoms with Crippen molar-refractivity contribution in [3.8, 4) is 0 Å². The summed E-state index contributed by atoms with van der Waals surface area (Å²) in [5.74, 6) is -0.697. The molecule has 1 aliphatic heterocycles. The minimum atomic E-state index is -0.351. The number of hydrogen-bond acceptors (Lipinski definition) is 3. The van der Waals surface area contributed by atoms with Crippen molar-refractivity contribution in [2.45, 2.75) is 13.5 Å². The number of aryl methyl sites for hydroxylation is 1. The third-order valence-corrected chi connectivity index (χ3v) is 5.35. The lowest BCUT2D eigenvalue weighted by molar-refractivity contribution is -0.120. The number of imide groups is 1. The molecule has 3 aromatic carbocycles. The SMILES string of the molecule is Cc1ccc(C2=C(N(C)Cc3ccccc3)C(=O)N(c3cccc(Cl)c3)C2=O)cc1. The van der Waals surface area contributed by atoms with E-state index in [1.807, 2.05) is 73.5 Å². The molecular weight excluding hydrogens is 396 g/mol. The van der Waals surface area contributed by atoms with Gasteiger partial charge in [0.1, 0.15) is 5.70 Å². The van der Waals surface area contributed by atoms with Gasteiger partial charge >= 0.3 is 0 Å². The number of carbonyl (C=O) groups excluding carboxylic acids is 2. The molecule has 0 saturated carbocycles. The lowest BCUT2D eigenvalue weighted by Gasteiger charge is -2.21. The van der Waals surface area contributed by atoms with Crippen LogP contribution in [0.15, 0.2) is 84.6 Å². The summed E-state index contributed by atoms with van der Waals surface area (Å²) in [6, 6.07) is 24.3. The van der Waals surface area contributed by atoms with E-state index < -0.39 is 0 Å². The normalized spacial score (nSPS) is 13.9. The van der Waals surface area contributed by atoms with Crippen LogP contribution in [0.3, 0.4) is 0 Å². The van der Waals surface area contributed by atoms with Crippen LogP contribution in [0, 0.1) is 6.92 Å². The van der Waals surface area contributed by atoms with Crippen LogP contribution in [0.2, 0.25) is 5.02 Å². The Morgan fingerprint density at radius 2 is 1.57 bits per heavy atom. The van der Waals surface area contributed by atoms with Gasteiger partial charge in [0.05, 0.1) is 11.3 Å². The second kappa shape index (κ2) is 8.17.